The highest BCUT2D eigenvalue weighted by molar-refractivity contribution is 7.10. The van der Waals surface area contributed by atoms with Crippen LogP contribution in [0, 0.1) is 20.8 Å². The van der Waals surface area contributed by atoms with Gasteiger partial charge in [-0.25, -0.2) is 4.98 Å². The summed E-state index contributed by atoms with van der Waals surface area (Å²) >= 11 is 1.74. The van der Waals surface area contributed by atoms with Crippen LogP contribution in [0.1, 0.15) is 40.6 Å². The van der Waals surface area contributed by atoms with Crippen LogP contribution in [0.2, 0.25) is 0 Å². The van der Waals surface area contributed by atoms with Crippen LogP contribution in [0.4, 0.5) is 5.69 Å². The van der Waals surface area contributed by atoms with Crippen molar-refractivity contribution in [1.82, 2.24) is 10.3 Å². The Morgan fingerprint density at radius 2 is 1.90 bits per heavy atom. The summed E-state index contributed by atoms with van der Waals surface area (Å²) in [5, 5.41) is 10.2. The third kappa shape index (κ3) is 4.67. The highest BCUT2D eigenvalue weighted by Gasteiger charge is 2.13. The summed E-state index contributed by atoms with van der Waals surface area (Å²) < 4.78 is 0. The zero-order chi connectivity index (χ0) is 20.4. The van der Waals surface area contributed by atoms with E-state index >= 15 is 0 Å². The fourth-order valence-electron chi connectivity index (χ4n) is 3.54. The first-order valence-electron chi connectivity index (χ1n) is 10.2. The molecular weight excluding hydrogens is 376 g/mol. The maximum absolute atomic E-state index is 4.87. The largest absolute Gasteiger partial charge is 0.354 e. The monoisotopic (exact) mass is 404 g/mol. The number of aryl methyl sites for hydroxylation is 3. The molecule has 1 atom stereocenters. The van der Waals surface area contributed by atoms with E-state index in [4.69, 9.17) is 4.98 Å². The second-order valence-corrected chi connectivity index (χ2v) is 8.89. The lowest BCUT2D eigenvalue weighted by Gasteiger charge is -2.23. The highest BCUT2D eigenvalue weighted by atomic mass is 32.1. The third-order valence-electron chi connectivity index (χ3n) is 5.39. The molecule has 1 aliphatic rings. The molecule has 4 rings (SSSR count). The van der Waals surface area contributed by atoms with E-state index in [1.165, 1.54) is 27.8 Å². The molecule has 29 heavy (non-hydrogen) atoms. The average molecular weight is 405 g/mol. The van der Waals surface area contributed by atoms with E-state index in [9.17, 15) is 0 Å². The summed E-state index contributed by atoms with van der Waals surface area (Å²) in [6, 6.07) is 13.5. The zero-order valence-corrected chi connectivity index (χ0v) is 18.4. The first kappa shape index (κ1) is 19.6. The Kier molecular flexibility index (Phi) is 5.67. The Bertz CT molecular complexity index is 1030. The van der Waals surface area contributed by atoms with Gasteiger partial charge in [0.15, 0.2) is 5.96 Å². The summed E-state index contributed by atoms with van der Waals surface area (Å²) in [6.45, 7) is 9.50. The molecule has 0 amide bonds. The Morgan fingerprint density at radius 3 is 2.66 bits per heavy atom. The molecule has 1 unspecified atom stereocenters. The Balaban J connectivity index is 1.50. The molecule has 0 fully saturated rings. The summed E-state index contributed by atoms with van der Waals surface area (Å²) in [4.78, 5) is 9.43. The Hall–Kier alpha value is -2.66. The quantitative estimate of drug-likeness (QED) is 0.606. The summed E-state index contributed by atoms with van der Waals surface area (Å²) in [5.74, 6) is 0.877. The fraction of sp³-hybridized carbons (Fsp3) is 0.333. The number of aromatic nitrogens is 1. The van der Waals surface area contributed by atoms with Crippen molar-refractivity contribution in [1.29, 1.82) is 0 Å². The molecular formula is C24H28N4S. The predicted octanol–water partition coefficient (Wildman–Crippen LogP) is 5.48. The third-order valence-corrected chi connectivity index (χ3v) is 6.24. The van der Waals surface area contributed by atoms with E-state index in [0.29, 0.717) is 6.04 Å². The minimum Gasteiger partial charge on any atom is -0.354 e. The van der Waals surface area contributed by atoms with Crippen LogP contribution in [0.3, 0.4) is 0 Å². The van der Waals surface area contributed by atoms with Gasteiger partial charge in [0, 0.05) is 35.6 Å². The van der Waals surface area contributed by atoms with Crippen molar-refractivity contribution in [2.75, 3.05) is 11.9 Å². The molecule has 0 aliphatic carbocycles. The Morgan fingerprint density at radius 1 is 1.10 bits per heavy atom. The highest BCUT2D eigenvalue weighted by Crippen LogP contribution is 2.27. The molecule has 2 N–H and O–H groups in total. The van der Waals surface area contributed by atoms with E-state index in [1.54, 1.807) is 11.3 Å². The number of anilines is 1. The molecule has 4 nitrogen and oxygen atoms in total. The second kappa shape index (κ2) is 8.37. The van der Waals surface area contributed by atoms with E-state index in [1.807, 2.05) is 0 Å². The van der Waals surface area contributed by atoms with Crippen LogP contribution in [0.15, 0.2) is 46.8 Å². The van der Waals surface area contributed by atoms with Gasteiger partial charge in [0.05, 0.1) is 10.7 Å². The molecule has 0 saturated carbocycles. The number of guanidine groups is 1. The fourth-order valence-corrected chi connectivity index (χ4v) is 4.36. The first-order valence-corrected chi connectivity index (χ1v) is 11.1. The molecule has 0 saturated heterocycles. The van der Waals surface area contributed by atoms with Gasteiger partial charge < -0.3 is 10.6 Å². The number of thiazole rings is 1. The lowest BCUT2D eigenvalue weighted by atomic mass is 10.0. The SMILES string of the molecule is Cc1ccc(-c2csc(Cc3cc(C)c(NC4=NCCC(C)N4)cc3C)n2)cc1. The van der Waals surface area contributed by atoms with Crippen molar-refractivity contribution in [3.63, 3.8) is 0 Å². The van der Waals surface area contributed by atoms with Gasteiger partial charge in [0.25, 0.3) is 0 Å². The van der Waals surface area contributed by atoms with Crippen molar-refractivity contribution in [2.24, 2.45) is 4.99 Å². The van der Waals surface area contributed by atoms with Crippen LogP contribution < -0.4 is 10.6 Å². The summed E-state index contributed by atoms with van der Waals surface area (Å²) in [7, 11) is 0. The van der Waals surface area contributed by atoms with Gasteiger partial charge in [-0.3, -0.25) is 4.99 Å². The molecule has 0 radical (unpaired) electrons. The lowest BCUT2D eigenvalue weighted by Crippen LogP contribution is -2.41. The maximum atomic E-state index is 4.87. The standard InChI is InChI=1S/C24H28N4S/c1-15-5-7-19(8-6-15)22-14-29-23(27-22)13-20-11-17(3)21(12-16(20)2)28-24-25-10-9-18(4)26-24/h5-8,11-12,14,18H,9-10,13H2,1-4H3,(H2,25,26,28). The minimum atomic E-state index is 0.461. The van der Waals surface area contributed by atoms with Gasteiger partial charge in [-0.05, 0) is 56.9 Å². The van der Waals surface area contributed by atoms with Gasteiger partial charge in [0.2, 0.25) is 0 Å². The predicted molar refractivity (Wildman–Crippen MR) is 124 cm³/mol. The minimum absolute atomic E-state index is 0.461. The van der Waals surface area contributed by atoms with Crippen LogP contribution >= 0.6 is 11.3 Å². The molecule has 3 aromatic rings. The summed E-state index contributed by atoms with van der Waals surface area (Å²) in [5.41, 5.74) is 8.45. The van der Waals surface area contributed by atoms with E-state index in [0.717, 1.165) is 41.7 Å². The van der Waals surface area contributed by atoms with E-state index in [2.05, 4.69) is 85.1 Å². The molecule has 2 heterocycles. The molecule has 1 aromatic heterocycles. The number of hydrogen-bond acceptors (Lipinski definition) is 5. The van der Waals surface area contributed by atoms with Gasteiger partial charge in [-0.1, -0.05) is 35.9 Å². The number of nitrogens with one attached hydrogen (secondary N) is 2. The first-order chi connectivity index (χ1) is 14.0. The maximum Gasteiger partial charge on any atom is 0.196 e. The summed E-state index contributed by atoms with van der Waals surface area (Å²) in [6.07, 6.45) is 1.94. The van der Waals surface area contributed by atoms with Crippen LogP contribution in [0.5, 0.6) is 0 Å². The van der Waals surface area contributed by atoms with Crippen molar-refractivity contribution in [3.8, 4) is 11.3 Å². The number of benzene rings is 2. The van der Waals surface area contributed by atoms with Gasteiger partial charge in [-0.2, -0.15) is 0 Å². The van der Waals surface area contributed by atoms with E-state index in [-0.39, 0.29) is 0 Å². The van der Waals surface area contributed by atoms with Gasteiger partial charge >= 0.3 is 0 Å². The second-order valence-electron chi connectivity index (χ2n) is 7.95. The number of aliphatic imine (C=N–C) groups is 1. The molecule has 0 bridgehead atoms. The average Bonchev–Trinajstić information content (AvgIpc) is 3.15. The van der Waals surface area contributed by atoms with Crippen molar-refractivity contribution in [2.45, 2.75) is 46.6 Å². The van der Waals surface area contributed by atoms with Crippen LogP contribution in [-0.4, -0.2) is 23.5 Å². The van der Waals surface area contributed by atoms with Gasteiger partial charge in [0.1, 0.15) is 0 Å². The van der Waals surface area contributed by atoms with Crippen LogP contribution in [0.25, 0.3) is 11.3 Å². The van der Waals surface area contributed by atoms with Gasteiger partial charge in [-0.15, -0.1) is 11.3 Å². The molecule has 150 valence electrons. The normalized spacial score (nSPS) is 16.3. The topological polar surface area (TPSA) is 49.3 Å². The van der Waals surface area contributed by atoms with E-state index < -0.39 is 0 Å². The molecule has 1 aliphatic heterocycles. The molecule has 0 spiro atoms. The van der Waals surface area contributed by atoms with Crippen molar-refractivity contribution < 1.29 is 0 Å². The lowest BCUT2D eigenvalue weighted by molar-refractivity contribution is 0.587. The smallest absolute Gasteiger partial charge is 0.196 e. The number of rotatable bonds is 4. The van der Waals surface area contributed by atoms with Crippen molar-refractivity contribution >= 4 is 23.0 Å². The molecule has 2 aromatic carbocycles. The van der Waals surface area contributed by atoms with Crippen molar-refractivity contribution in [3.05, 3.63) is 69.0 Å². The van der Waals surface area contributed by atoms with Crippen LogP contribution in [-0.2, 0) is 6.42 Å². The molecule has 5 heteroatoms. The number of hydrogen-bond donors (Lipinski definition) is 2. The Labute approximate surface area is 177 Å². The zero-order valence-electron chi connectivity index (χ0n) is 17.5. The number of nitrogens with zero attached hydrogens (tertiary/aromatic N) is 2.